The van der Waals surface area contributed by atoms with Gasteiger partial charge in [0.2, 0.25) is 5.91 Å². The number of amides is 1. The number of hydrogen-bond donors (Lipinski definition) is 1. The molecule has 1 rings (SSSR count). The number of esters is 1. The lowest BCUT2D eigenvalue weighted by molar-refractivity contribution is -0.140. The van der Waals surface area contributed by atoms with E-state index < -0.39 is 5.97 Å². The summed E-state index contributed by atoms with van der Waals surface area (Å²) >= 11 is 5.00. The van der Waals surface area contributed by atoms with Crippen LogP contribution in [-0.2, 0) is 14.3 Å². The number of nitrogens with zero attached hydrogens (tertiary/aromatic N) is 1. The molecule has 0 aromatic heterocycles. The van der Waals surface area contributed by atoms with Crippen molar-refractivity contribution in [3.8, 4) is 0 Å². The van der Waals surface area contributed by atoms with Crippen LogP contribution in [0.3, 0.4) is 0 Å². The molecule has 0 saturated heterocycles. The van der Waals surface area contributed by atoms with Crippen molar-refractivity contribution in [2.45, 2.75) is 0 Å². The molecule has 0 aliphatic heterocycles. The third kappa shape index (κ3) is 5.62. The molecule has 0 bridgehead atoms. The minimum absolute atomic E-state index is 0.0159. The van der Waals surface area contributed by atoms with E-state index in [1.54, 1.807) is 13.1 Å². The number of ether oxygens (including phenoxy) is 1. The number of nitrogens with one attached hydrogen (secondary N) is 1. The van der Waals surface area contributed by atoms with Crippen LogP contribution in [0, 0.1) is 0 Å². The number of likely N-dealkylation sites (N-methyl/N-ethyl adjacent to an activating group) is 1. The van der Waals surface area contributed by atoms with Gasteiger partial charge in [-0.15, -0.1) is 0 Å². The lowest BCUT2D eigenvalue weighted by Gasteiger charge is -2.18. The third-order valence-electron chi connectivity index (χ3n) is 2.40. The largest absolute Gasteiger partial charge is 0.468 e. The Morgan fingerprint density at radius 1 is 1.35 bits per heavy atom. The lowest BCUT2D eigenvalue weighted by Crippen LogP contribution is -2.42. The van der Waals surface area contributed by atoms with E-state index in [4.69, 9.17) is 12.2 Å². The van der Waals surface area contributed by atoms with Crippen molar-refractivity contribution in [1.82, 2.24) is 10.2 Å². The first-order valence-electron chi connectivity index (χ1n) is 5.89. The van der Waals surface area contributed by atoms with Crippen molar-refractivity contribution in [2.24, 2.45) is 0 Å². The van der Waals surface area contributed by atoms with Crippen molar-refractivity contribution in [1.29, 1.82) is 0 Å². The van der Waals surface area contributed by atoms with Crippen molar-refractivity contribution < 1.29 is 14.3 Å². The summed E-state index contributed by atoms with van der Waals surface area (Å²) in [5.41, 5.74) is 0.913. The molecule has 1 N–H and O–H groups in total. The molecular weight excluding hydrogens is 276 g/mol. The summed E-state index contributed by atoms with van der Waals surface area (Å²) in [7, 11) is 2.89. The van der Waals surface area contributed by atoms with Gasteiger partial charge in [0.05, 0.1) is 7.11 Å². The molecule has 0 heterocycles. The highest BCUT2D eigenvalue weighted by atomic mass is 32.1. The zero-order valence-electron chi connectivity index (χ0n) is 11.3. The van der Waals surface area contributed by atoms with Crippen LogP contribution in [0.5, 0.6) is 0 Å². The fourth-order valence-corrected chi connectivity index (χ4v) is 1.47. The van der Waals surface area contributed by atoms with Gasteiger partial charge in [-0.1, -0.05) is 30.3 Å². The predicted octanol–water partition coefficient (Wildman–Crippen LogP) is 1.21. The molecule has 0 saturated carbocycles. The summed E-state index contributed by atoms with van der Waals surface area (Å²) in [5.74, 6) is -0.778. The quantitative estimate of drug-likeness (QED) is 0.513. The number of rotatable bonds is 4. The Kier molecular flexibility index (Phi) is 6.39. The monoisotopic (exact) mass is 292 g/mol. The van der Waals surface area contributed by atoms with E-state index >= 15 is 0 Å². The summed E-state index contributed by atoms with van der Waals surface area (Å²) in [6.07, 6.45) is 3.06. The highest BCUT2D eigenvalue weighted by Gasteiger charge is 2.10. The second kappa shape index (κ2) is 8.06. The first-order valence-corrected chi connectivity index (χ1v) is 6.29. The standard InChI is InChI=1S/C14H16N2O3S/c1-16(10-13(18)19-2)14(20)15-12(17)9-8-11-6-4-3-5-7-11/h3-9H,10H2,1-2H3,(H,15,17,20)/b9-8+. The smallest absolute Gasteiger partial charge is 0.325 e. The average molecular weight is 292 g/mol. The highest BCUT2D eigenvalue weighted by Crippen LogP contribution is 2.00. The maximum absolute atomic E-state index is 11.7. The van der Waals surface area contributed by atoms with E-state index in [-0.39, 0.29) is 17.6 Å². The maximum Gasteiger partial charge on any atom is 0.325 e. The molecule has 106 valence electrons. The van der Waals surface area contributed by atoms with Crippen LogP contribution in [0.15, 0.2) is 36.4 Å². The van der Waals surface area contributed by atoms with Gasteiger partial charge in [0.1, 0.15) is 6.54 Å². The molecule has 1 aromatic rings. The van der Waals surface area contributed by atoms with E-state index in [9.17, 15) is 9.59 Å². The van der Waals surface area contributed by atoms with Gasteiger partial charge in [-0.3, -0.25) is 14.9 Å². The molecule has 1 aromatic carbocycles. The minimum Gasteiger partial charge on any atom is -0.468 e. The van der Waals surface area contributed by atoms with E-state index in [0.29, 0.717) is 0 Å². The van der Waals surface area contributed by atoms with E-state index in [1.165, 1.54) is 18.1 Å². The van der Waals surface area contributed by atoms with Crippen LogP contribution in [-0.4, -0.2) is 42.6 Å². The minimum atomic E-state index is -0.427. The molecule has 1 amide bonds. The topological polar surface area (TPSA) is 58.6 Å². The molecular formula is C14H16N2O3S. The van der Waals surface area contributed by atoms with Gasteiger partial charge in [0.25, 0.3) is 0 Å². The summed E-state index contributed by atoms with van der Waals surface area (Å²) in [6.45, 7) is -0.0159. The number of methoxy groups -OCH3 is 1. The van der Waals surface area contributed by atoms with Gasteiger partial charge in [-0.05, 0) is 23.9 Å². The van der Waals surface area contributed by atoms with Crippen LogP contribution in [0.2, 0.25) is 0 Å². The fraction of sp³-hybridized carbons (Fsp3) is 0.214. The highest BCUT2D eigenvalue weighted by molar-refractivity contribution is 7.80. The van der Waals surface area contributed by atoms with Crippen molar-refractivity contribution in [2.75, 3.05) is 20.7 Å². The Balaban J connectivity index is 2.48. The fourth-order valence-electron chi connectivity index (χ4n) is 1.31. The van der Waals surface area contributed by atoms with Crippen LogP contribution in [0.25, 0.3) is 6.08 Å². The molecule has 20 heavy (non-hydrogen) atoms. The number of hydrogen-bond acceptors (Lipinski definition) is 4. The SMILES string of the molecule is COC(=O)CN(C)C(=S)NC(=O)/C=C/c1ccccc1. The summed E-state index contributed by atoms with van der Waals surface area (Å²) in [4.78, 5) is 24.2. The Morgan fingerprint density at radius 2 is 2.00 bits per heavy atom. The van der Waals surface area contributed by atoms with Gasteiger partial charge in [0, 0.05) is 13.1 Å². The zero-order chi connectivity index (χ0) is 15.0. The Labute approximate surface area is 123 Å². The zero-order valence-corrected chi connectivity index (χ0v) is 12.1. The molecule has 0 spiro atoms. The number of carbonyl (C=O) groups excluding carboxylic acids is 2. The van der Waals surface area contributed by atoms with Crippen LogP contribution in [0.4, 0.5) is 0 Å². The van der Waals surface area contributed by atoms with Gasteiger partial charge in [-0.25, -0.2) is 0 Å². The Hall–Kier alpha value is -2.21. The van der Waals surface area contributed by atoms with Crippen molar-refractivity contribution >= 4 is 35.3 Å². The predicted molar refractivity (Wildman–Crippen MR) is 80.9 cm³/mol. The van der Waals surface area contributed by atoms with Crippen molar-refractivity contribution in [3.05, 3.63) is 42.0 Å². The van der Waals surface area contributed by atoms with Gasteiger partial charge < -0.3 is 9.64 Å². The van der Waals surface area contributed by atoms with Crippen LogP contribution in [0.1, 0.15) is 5.56 Å². The summed E-state index contributed by atoms with van der Waals surface area (Å²) < 4.78 is 4.51. The molecule has 0 unspecified atom stereocenters. The average Bonchev–Trinajstić information content (AvgIpc) is 2.45. The maximum atomic E-state index is 11.7. The third-order valence-corrected chi connectivity index (χ3v) is 2.81. The van der Waals surface area contributed by atoms with Crippen molar-refractivity contribution in [3.63, 3.8) is 0 Å². The van der Waals surface area contributed by atoms with E-state index in [0.717, 1.165) is 5.56 Å². The molecule has 6 heteroatoms. The molecule has 0 aliphatic rings. The molecule has 0 atom stereocenters. The molecule has 0 aliphatic carbocycles. The summed E-state index contributed by atoms with van der Waals surface area (Å²) in [6, 6.07) is 9.42. The van der Waals surface area contributed by atoms with Gasteiger partial charge in [-0.2, -0.15) is 0 Å². The second-order valence-electron chi connectivity index (χ2n) is 3.97. The molecule has 0 radical (unpaired) electrons. The number of carbonyl (C=O) groups is 2. The Morgan fingerprint density at radius 3 is 2.60 bits per heavy atom. The molecule has 0 fully saturated rings. The molecule has 5 nitrogen and oxygen atoms in total. The first-order chi connectivity index (χ1) is 9.52. The van der Waals surface area contributed by atoms with Crippen LogP contribution < -0.4 is 5.32 Å². The van der Waals surface area contributed by atoms with Gasteiger partial charge >= 0.3 is 5.97 Å². The van der Waals surface area contributed by atoms with Gasteiger partial charge in [0.15, 0.2) is 5.11 Å². The van der Waals surface area contributed by atoms with E-state index in [2.05, 4.69) is 10.1 Å². The summed E-state index contributed by atoms with van der Waals surface area (Å²) in [5, 5.41) is 2.67. The van der Waals surface area contributed by atoms with E-state index in [1.807, 2.05) is 30.3 Å². The Bertz CT molecular complexity index is 514. The lowest BCUT2D eigenvalue weighted by atomic mass is 10.2. The number of thiocarbonyl (C=S) groups is 1. The number of benzene rings is 1. The first kappa shape index (κ1) is 15.8. The normalized spacial score (nSPS) is 10.1. The van der Waals surface area contributed by atoms with Crippen LogP contribution >= 0.6 is 12.2 Å². The second-order valence-corrected chi connectivity index (χ2v) is 4.36.